The highest BCUT2D eigenvalue weighted by Crippen LogP contribution is 2.37. The number of anilines is 2. The van der Waals surface area contributed by atoms with E-state index in [2.05, 4.69) is 22.6 Å². The van der Waals surface area contributed by atoms with E-state index in [-0.39, 0.29) is 23.1 Å². The molecule has 0 atom stereocenters. The molecule has 1 fully saturated rings. The highest BCUT2D eigenvalue weighted by atomic mass is 127. The average Bonchev–Trinajstić information content (AvgIpc) is 2.97. The Kier molecular flexibility index (Phi) is 8.75. The zero-order chi connectivity index (χ0) is 28.9. The van der Waals surface area contributed by atoms with Gasteiger partial charge in [0.1, 0.15) is 18.0 Å². The Morgan fingerprint density at radius 2 is 1.39 bits per heavy atom. The molecule has 0 saturated carbocycles. The van der Waals surface area contributed by atoms with Crippen molar-refractivity contribution in [3.05, 3.63) is 123 Å². The maximum atomic E-state index is 13.8. The van der Waals surface area contributed by atoms with Crippen molar-refractivity contribution in [2.45, 2.75) is 13.5 Å². The Bertz CT molecular complexity index is 1570. The second kappa shape index (κ2) is 12.6. The van der Waals surface area contributed by atoms with Gasteiger partial charge in [0.2, 0.25) is 0 Å². The number of carbonyl (C=O) groups excluding carboxylic acids is 2. The van der Waals surface area contributed by atoms with Crippen LogP contribution in [-0.2, 0) is 16.2 Å². The molecular weight excluding hydrogens is 654 g/mol. The van der Waals surface area contributed by atoms with E-state index in [1.807, 2.05) is 25.1 Å². The monoisotopic (exact) mass is 678 g/mol. The number of amides is 2. The van der Waals surface area contributed by atoms with Crippen LogP contribution in [0.15, 0.2) is 103 Å². The highest BCUT2D eigenvalue weighted by Gasteiger charge is 2.41. The lowest BCUT2D eigenvalue weighted by Crippen LogP contribution is -2.56. The summed E-state index contributed by atoms with van der Waals surface area (Å²) >= 11 is 7.81. The van der Waals surface area contributed by atoms with E-state index in [1.54, 1.807) is 72.8 Å². The number of benzene rings is 4. The van der Waals surface area contributed by atoms with Crippen molar-refractivity contribution in [2.75, 3.05) is 16.4 Å². The summed E-state index contributed by atoms with van der Waals surface area (Å²) in [5, 5.41) is 0.0728. The first-order valence-corrected chi connectivity index (χ1v) is 14.2. The summed E-state index contributed by atoms with van der Waals surface area (Å²) in [5.41, 5.74) is 2.43. The number of hydrogen-bond donors (Lipinski definition) is 0. The van der Waals surface area contributed by atoms with E-state index in [4.69, 9.17) is 21.7 Å². The minimum absolute atomic E-state index is 0.0514. The lowest BCUT2D eigenvalue weighted by Gasteiger charge is -2.36. The van der Waals surface area contributed by atoms with Gasteiger partial charge in [-0.05, 0) is 107 Å². The van der Waals surface area contributed by atoms with Crippen molar-refractivity contribution >= 4 is 69.2 Å². The molecule has 206 valence electrons. The number of halogens is 2. The molecule has 0 spiro atoms. The van der Waals surface area contributed by atoms with E-state index < -0.39 is 11.8 Å². The third-order valence-corrected chi connectivity index (χ3v) is 7.38. The van der Waals surface area contributed by atoms with Gasteiger partial charge in [0.25, 0.3) is 11.8 Å². The molecule has 1 aliphatic rings. The van der Waals surface area contributed by atoms with Crippen LogP contribution in [0.1, 0.15) is 18.1 Å². The van der Waals surface area contributed by atoms with Crippen molar-refractivity contribution in [1.29, 1.82) is 0 Å². The molecule has 2 amide bonds. The summed E-state index contributed by atoms with van der Waals surface area (Å²) in [5.74, 6) is -0.399. The molecule has 5 rings (SSSR count). The van der Waals surface area contributed by atoms with Gasteiger partial charge in [-0.2, -0.15) is 0 Å². The van der Waals surface area contributed by atoms with Crippen LogP contribution in [0.2, 0.25) is 0 Å². The number of carbonyl (C=O) groups is 2. The highest BCUT2D eigenvalue weighted by molar-refractivity contribution is 14.1. The van der Waals surface area contributed by atoms with Crippen LogP contribution >= 0.6 is 34.8 Å². The zero-order valence-corrected chi connectivity index (χ0v) is 24.9. The van der Waals surface area contributed by atoms with Gasteiger partial charge in [0, 0.05) is 0 Å². The van der Waals surface area contributed by atoms with Crippen molar-refractivity contribution < 1.29 is 23.5 Å². The number of hydrogen-bond acceptors (Lipinski definition) is 5. The molecule has 4 aromatic rings. The van der Waals surface area contributed by atoms with E-state index >= 15 is 0 Å². The molecule has 0 N–H and O–H groups in total. The van der Waals surface area contributed by atoms with E-state index in [0.717, 1.165) is 5.56 Å². The van der Waals surface area contributed by atoms with Gasteiger partial charge in [-0.15, -0.1) is 0 Å². The molecule has 6 nitrogen and oxygen atoms in total. The zero-order valence-electron chi connectivity index (χ0n) is 21.9. The van der Waals surface area contributed by atoms with Crippen molar-refractivity contribution in [3.63, 3.8) is 0 Å². The third-order valence-electron chi connectivity index (χ3n) is 6.22. The maximum absolute atomic E-state index is 13.8. The van der Waals surface area contributed by atoms with Crippen molar-refractivity contribution in [3.8, 4) is 11.5 Å². The van der Waals surface area contributed by atoms with E-state index in [1.165, 1.54) is 21.9 Å². The minimum Gasteiger partial charge on any atom is -0.490 e. The smallest absolute Gasteiger partial charge is 0.270 e. The van der Waals surface area contributed by atoms with Crippen LogP contribution in [0.5, 0.6) is 11.5 Å². The van der Waals surface area contributed by atoms with Gasteiger partial charge >= 0.3 is 0 Å². The van der Waals surface area contributed by atoms with Crippen LogP contribution in [0, 0.1) is 9.39 Å². The molecule has 9 heteroatoms. The van der Waals surface area contributed by atoms with Gasteiger partial charge in [-0.3, -0.25) is 19.4 Å². The summed E-state index contributed by atoms with van der Waals surface area (Å²) in [6.07, 6.45) is 1.55. The summed E-state index contributed by atoms with van der Waals surface area (Å²) in [6, 6.07) is 27.6. The molecule has 0 radical (unpaired) electrons. The second-order valence-corrected chi connectivity index (χ2v) is 10.5. The number of nitrogens with zero attached hydrogens (tertiary/aromatic N) is 2. The lowest BCUT2D eigenvalue weighted by atomic mass is 10.0. The maximum Gasteiger partial charge on any atom is 0.270 e. The standard InChI is InChI=1S/C32H24FIN2O4S/c1-2-39-28-19-22(18-27(34)29(28)40-20-21-13-15-23(33)16-14-21)17-26-30(37)35(24-9-5-3-6-10-24)32(41)36(31(26)38)25-11-7-4-8-12-25/h3-19H,2,20H2,1H3. The molecule has 4 aromatic carbocycles. The topological polar surface area (TPSA) is 59.1 Å². The van der Waals surface area contributed by atoms with E-state index in [0.29, 0.717) is 38.6 Å². The van der Waals surface area contributed by atoms with Gasteiger partial charge in [0.05, 0.1) is 21.6 Å². The first-order chi connectivity index (χ1) is 19.9. The predicted molar refractivity (Wildman–Crippen MR) is 169 cm³/mol. The molecule has 41 heavy (non-hydrogen) atoms. The molecule has 0 unspecified atom stereocenters. The average molecular weight is 679 g/mol. The van der Waals surface area contributed by atoms with E-state index in [9.17, 15) is 14.0 Å². The van der Waals surface area contributed by atoms with Gasteiger partial charge in [0.15, 0.2) is 16.6 Å². The second-order valence-electron chi connectivity index (χ2n) is 8.97. The normalized spacial score (nSPS) is 13.4. The van der Waals surface area contributed by atoms with Gasteiger partial charge in [-0.25, -0.2) is 4.39 Å². The first kappa shape index (κ1) is 28.4. The number of thiocarbonyl (C=S) groups is 1. The van der Waals surface area contributed by atoms with Gasteiger partial charge in [-0.1, -0.05) is 48.5 Å². The fourth-order valence-electron chi connectivity index (χ4n) is 4.32. The Morgan fingerprint density at radius 3 is 1.93 bits per heavy atom. The molecule has 0 aliphatic carbocycles. The largest absolute Gasteiger partial charge is 0.490 e. The van der Waals surface area contributed by atoms with Gasteiger partial charge < -0.3 is 9.47 Å². The van der Waals surface area contributed by atoms with Crippen LogP contribution in [0.3, 0.4) is 0 Å². The fraction of sp³-hybridized carbons (Fsp3) is 0.0938. The fourth-order valence-corrected chi connectivity index (χ4v) is 5.47. The molecular formula is C32H24FIN2O4S. The number of ether oxygens (including phenoxy) is 2. The van der Waals surface area contributed by atoms with Crippen LogP contribution in [0.4, 0.5) is 15.8 Å². The molecule has 0 bridgehead atoms. The quantitative estimate of drug-likeness (QED) is 0.0858. The first-order valence-electron chi connectivity index (χ1n) is 12.8. The Hall–Kier alpha value is -4.09. The third kappa shape index (κ3) is 6.15. The Labute approximate surface area is 256 Å². The number of rotatable bonds is 8. The summed E-state index contributed by atoms with van der Waals surface area (Å²) < 4.78 is 26.0. The Morgan fingerprint density at radius 1 is 0.829 bits per heavy atom. The van der Waals surface area contributed by atoms with Crippen LogP contribution in [0.25, 0.3) is 6.08 Å². The van der Waals surface area contributed by atoms with Crippen molar-refractivity contribution in [2.24, 2.45) is 0 Å². The SMILES string of the molecule is CCOc1cc(C=C2C(=O)N(c3ccccc3)C(=S)N(c3ccccc3)C2=O)cc(I)c1OCc1ccc(F)cc1. The lowest BCUT2D eigenvalue weighted by molar-refractivity contribution is -0.120. The van der Waals surface area contributed by atoms with Crippen LogP contribution in [-0.4, -0.2) is 23.5 Å². The number of para-hydroxylation sites is 2. The van der Waals surface area contributed by atoms with Crippen LogP contribution < -0.4 is 19.3 Å². The molecule has 1 saturated heterocycles. The molecule has 1 heterocycles. The predicted octanol–water partition coefficient (Wildman–Crippen LogP) is 7.16. The molecule has 0 aromatic heterocycles. The summed E-state index contributed by atoms with van der Waals surface area (Å²) in [6.45, 7) is 2.44. The minimum atomic E-state index is -0.525. The summed E-state index contributed by atoms with van der Waals surface area (Å²) in [4.78, 5) is 30.4. The molecule has 1 aliphatic heterocycles. The summed E-state index contributed by atoms with van der Waals surface area (Å²) in [7, 11) is 0. The van der Waals surface area contributed by atoms with Crippen molar-refractivity contribution in [1.82, 2.24) is 0 Å². The Balaban J connectivity index is 1.55.